The third-order valence-electron chi connectivity index (χ3n) is 3.50. The van der Waals surface area contributed by atoms with Gasteiger partial charge in [-0.3, -0.25) is 4.98 Å². The second-order valence-electron chi connectivity index (χ2n) is 4.50. The van der Waals surface area contributed by atoms with Gasteiger partial charge in [0.15, 0.2) is 0 Å². The molecule has 5 heteroatoms. The summed E-state index contributed by atoms with van der Waals surface area (Å²) < 4.78 is 5.35. The molecule has 0 aliphatic heterocycles. The van der Waals surface area contributed by atoms with Crippen LogP contribution in [-0.2, 0) is 5.41 Å². The fourth-order valence-corrected chi connectivity index (χ4v) is 2.16. The Morgan fingerprint density at radius 1 is 1.41 bits per heavy atom. The number of nitrogens with zero attached hydrogens (tertiary/aromatic N) is 3. The van der Waals surface area contributed by atoms with Gasteiger partial charge in [0.2, 0.25) is 11.7 Å². The van der Waals surface area contributed by atoms with Gasteiger partial charge in [-0.15, -0.1) is 0 Å². The number of hydrogen-bond donors (Lipinski definition) is 1. The third-order valence-corrected chi connectivity index (χ3v) is 3.50. The predicted octanol–water partition coefficient (Wildman–Crippen LogP) is 1.51. The van der Waals surface area contributed by atoms with E-state index in [1.807, 2.05) is 12.1 Å². The highest BCUT2D eigenvalue weighted by atomic mass is 16.5. The third kappa shape index (κ3) is 1.63. The summed E-state index contributed by atoms with van der Waals surface area (Å²) in [7, 11) is 0. The van der Waals surface area contributed by atoms with Crippen molar-refractivity contribution in [2.45, 2.75) is 24.7 Å². The Kier molecular flexibility index (Phi) is 2.40. The van der Waals surface area contributed by atoms with E-state index in [0.29, 0.717) is 18.3 Å². The number of rotatable bonds is 3. The molecule has 2 N–H and O–H groups in total. The van der Waals surface area contributed by atoms with E-state index < -0.39 is 0 Å². The molecule has 0 saturated heterocycles. The van der Waals surface area contributed by atoms with Crippen molar-refractivity contribution >= 4 is 0 Å². The lowest BCUT2D eigenvalue weighted by atomic mass is 9.69. The number of nitrogens with two attached hydrogens (primary N) is 1. The Labute approximate surface area is 99.1 Å². The predicted molar refractivity (Wildman–Crippen MR) is 62.1 cm³/mol. The van der Waals surface area contributed by atoms with Gasteiger partial charge in [0.05, 0.1) is 5.41 Å². The van der Waals surface area contributed by atoms with Gasteiger partial charge in [0.1, 0.15) is 0 Å². The van der Waals surface area contributed by atoms with E-state index in [1.54, 1.807) is 12.4 Å². The van der Waals surface area contributed by atoms with Gasteiger partial charge in [0.25, 0.3) is 0 Å². The minimum Gasteiger partial charge on any atom is -0.338 e. The van der Waals surface area contributed by atoms with Crippen molar-refractivity contribution in [3.05, 3.63) is 30.4 Å². The molecule has 0 atom stereocenters. The van der Waals surface area contributed by atoms with Gasteiger partial charge in [-0.1, -0.05) is 11.6 Å². The molecule has 1 fully saturated rings. The second-order valence-corrected chi connectivity index (χ2v) is 4.50. The van der Waals surface area contributed by atoms with Crippen LogP contribution in [0.5, 0.6) is 0 Å². The normalized spacial score (nSPS) is 17.7. The minimum atomic E-state index is -0.0759. The molecule has 5 nitrogen and oxygen atoms in total. The largest absolute Gasteiger partial charge is 0.338 e. The first-order valence-corrected chi connectivity index (χ1v) is 5.79. The van der Waals surface area contributed by atoms with Crippen molar-refractivity contribution in [3.8, 4) is 11.4 Å². The van der Waals surface area contributed by atoms with Crippen LogP contribution in [-0.4, -0.2) is 21.7 Å². The molecular formula is C12H14N4O. The summed E-state index contributed by atoms with van der Waals surface area (Å²) in [5.74, 6) is 1.26. The van der Waals surface area contributed by atoms with Gasteiger partial charge in [-0.2, -0.15) is 4.98 Å². The van der Waals surface area contributed by atoms with Crippen molar-refractivity contribution in [2.24, 2.45) is 5.73 Å². The molecule has 1 aliphatic carbocycles. The van der Waals surface area contributed by atoms with Crippen molar-refractivity contribution in [1.29, 1.82) is 0 Å². The number of aromatic nitrogens is 3. The molecule has 1 aliphatic rings. The van der Waals surface area contributed by atoms with Crippen LogP contribution in [0.15, 0.2) is 29.0 Å². The molecule has 0 aromatic carbocycles. The lowest BCUT2D eigenvalue weighted by Crippen LogP contribution is -2.41. The quantitative estimate of drug-likeness (QED) is 0.864. The first-order chi connectivity index (χ1) is 8.34. The molecule has 0 radical (unpaired) electrons. The average Bonchev–Trinajstić information content (AvgIpc) is 2.80. The Balaban J connectivity index is 1.93. The van der Waals surface area contributed by atoms with Crippen LogP contribution >= 0.6 is 0 Å². The van der Waals surface area contributed by atoms with Gasteiger partial charge in [-0.05, 0) is 25.0 Å². The van der Waals surface area contributed by atoms with Gasteiger partial charge in [0, 0.05) is 24.5 Å². The van der Waals surface area contributed by atoms with Crippen LogP contribution in [0.25, 0.3) is 11.4 Å². The van der Waals surface area contributed by atoms with Crippen molar-refractivity contribution in [1.82, 2.24) is 15.1 Å². The molecule has 0 spiro atoms. The van der Waals surface area contributed by atoms with E-state index in [-0.39, 0.29) is 5.41 Å². The van der Waals surface area contributed by atoms with E-state index in [4.69, 9.17) is 10.3 Å². The van der Waals surface area contributed by atoms with Gasteiger partial charge >= 0.3 is 0 Å². The monoisotopic (exact) mass is 230 g/mol. The zero-order chi connectivity index (χ0) is 11.7. The Bertz CT molecular complexity index is 499. The summed E-state index contributed by atoms with van der Waals surface area (Å²) in [4.78, 5) is 8.49. The van der Waals surface area contributed by atoms with Crippen LogP contribution in [0, 0.1) is 0 Å². The molecule has 1 saturated carbocycles. The lowest BCUT2D eigenvalue weighted by molar-refractivity contribution is 0.182. The Hall–Kier alpha value is -1.75. The highest BCUT2D eigenvalue weighted by molar-refractivity contribution is 5.52. The van der Waals surface area contributed by atoms with E-state index in [9.17, 15) is 0 Å². The van der Waals surface area contributed by atoms with Crippen molar-refractivity contribution in [3.63, 3.8) is 0 Å². The zero-order valence-electron chi connectivity index (χ0n) is 9.47. The first kappa shape index (κ1) is 10.4. The summed E-state index contributed by atoms with van der Waals surface area (Å²) in [5.41, 5.74) is 6.60. The number of hydrogen-bond acceptors (Lipinski definition) is 5. The molecule has 2 aromatic heterocycles. The standard InChI is InChI=1S/C12H14N4O/c13-8-12(4-2-5-12)11-15-10(16-17-11)9-3-1-6-14-7-9/h1,3,6-7H,2,4-5,8,13H2. The molecule has 2 aromatic rings. The van der Waals surface area contributed by atoms with E-state index in [2.05, 4.69) is 15.1 Å². The summed E-state index contributed by atoms with van der Waals surface area (Å²) >= 11 is 0. The summed E-state index contributed by atoms with van der Waals surface area (Å²) in [6.45, 7) is 0.571. The lowest BCUT2D eigenvalue weighted by Gasteiger charge is -2.36. The van der Waals surface area contributed by atoms with Crippen LogP contribution < -0.4 is 5.73 Å². The molecule has 17 heavy (non-hydrogen) atoms. The van der Waals surface area contributed by atoms with Crippen molar-refractivity contribution < 1.29 is 4.52 Å². The van der Waals surface area contributed by atoms with Gasteiger partial charge in [-0.25, -0.2) is 0 Å². The summed E-state index contributed by atoms with van der Waals surface area (Å²) in [6.07, 6.45) is 6.71. The maximum Gasteiger partial charge on any atom is 0.234 e. The maximum atomic E-state index is 5.81. The fraction of sp³-hybridized carbons (Fsp3) is 0.417. The molecule has 0 bridgehead atoms. The Morgan fingerprint density at radius 2 is 2.29 bits per heavy atom. The van der Waals surface area contributed by atoms with E-state index in [0.717, 1.165) is 18.4 Å². The highest BCUT2D eigenvalue weighted by Crippen LogP contribution is 2.42. The highest BCUT2D eigenvalue weighted by Gasteiger charge is 2.42. The summed E-state index contributed by atoms with van der Waals surface area (Å²) in [6, 6.07) is 3.77. The molecule has 2 heterocycles. The smallest absolute Gasteiger partial charge is 0.234 e. The van der Waals surface area contributed by atoms with Crippen LogP contribution in [0.1, 0.15) is 25.2 Å². The summed E-state index contributed by atoms with van der Waals surface area (Å²) in [5, 5.41) is 4.00. The van der Waals surface area contributed by atoms with E-state index in [1.165, 1.54) is 6.42 Å². The van der Waals surface area contributed by atoms with E-state index >= 15 is 0 Å². The maximum absolute atomic E-state index is 5.81. The van der Waals surface area contributed by atoms with Crippen LogP contribution in [0.2, 0.25) is 0 Å². The molecule has 3 rings (SSSR count). The van der Waals surface area contributed by atoms with Gasteiger partial charge < -0.3 is 10.3 Å². The molecule has 0 unspecified atom stereocenters. The SMILES string of the molecule is NCC1(c2nc(-c3cccnc3)no2)CCC1. The van der Waals surface area contributed by atoms with Crippen LogP contribution in [0.3, 0.4) is 0 Å². The molecular weight excluding hydrogens is 216 g/mol. The Morgan fingerprint density at radius 3 is 2.88 bits per heavy atom. The molecule has 0 amide bonds. The molecule has 88 valence electrons. The average molecular weight is 230 g/mol. The fourth-order valence-electron chi connectivity index (χ4n) is 2.16. The minimum absolute atomic E-state index is 0.0759. The topological polar surface area (TPSA) is 77.8 Å². The zero-order valence-corrected chi connectivity index (χ0v) is 9.47. The van der Waals surface area contributed by atoms with Crippen LogP contribution in [0.4, 0.5) is 0 Å². The first-order valence-electron chi connectivity index (χ1n) is 5.79. The van der Waals surface area contributed by atoms with Crippen molar-refractivity contribution in [2.75, 3.05) is 6.54 Å². The second kappa shape index (κ2) is 3.92. The number of pyridine rings is 1.